The predicted molar refractivity (Wildman–Crippen MR) is 73.3 cm³/mol. The summed E-state index contributed by atoms with van der Waals surface area (Å²) in [6, 6.07) is 15.2. The molecule has 0 radical (unpaired) electrons. The molecule has 0 amide bonds. The molecule has 1 heteroatoms. The van der Waals surface area contributed by atoms with Crippen LogP contribution in [0.2, 0.25) is 0 Å². The smallest absolute Gasteiger partial charge is 0.0355 e. The Bertz CT molecular complexity index is 756. The first-order valence-corrected chi connectivity index (χ1v) is 6.06. The van der Waals surface area contributed by atoms with Gasteiger partial charge in [0.25, 0.3) is 0 Å². The highest BCUT2D eigenvalue weighted by molar-refractivity contribution is 6.02. The zero-order valence-electron chi connectivity index (χ0n) is 9.53. The summed E-state index contributed by atoms with van der Waals surface area (Å²) in [5.74, 6) is 0. The molecule has 0 spiro atoms. The summed E-state index contributed by atoms with van der Waals surface area (Å²) in [5.41, 5.74) is 9.88. The molecular formula is C16H13N. The maximum atomic E-state index is 6.08. The molecule has 1 aliphatic carbocycles. The molecule has 0 saturated carbocycles. The van der Waals surface area contributed by atoms with Gasteiger partial charge in [-0.2, -0.15) is 0 Å². The molecule has 82 valence electrons. The third-order valence-corrected chi connectivity index (χ3v) is 3.89. The van der Waals surface area contributed by atoms with Crippen molar-refractivity contribution in [2.45, 2.75) is 12.8 Å². The first kappa shape index (κ1) is 9.06. The molecule has 1 aliphatic rings. The first-order valence-electron chi connectivity index (χ1n) is 6.06. The van der Waals surface area contributed by atoms with Crippen LogP contribution in [-0.4, -0.2) is 0 Å². The van der Waals surface area contributed by atoms with Crippen LogP contribution in [0.15, 0.2) is 42.5 Å². The Morgan fingerprint density at radius 3 is 2.18 bits per heavy atom. The van der Waals surface area contributed by atoms with E-state index in [0.717, 1.165) is 12.1 Å². The summed E-state index contributed by atoms with van der Waals surface area (Å²) >= 11 is 0. The van der Waals surface area contributed by atoms with Gasteiger partial charge in [-0.3, -0.25) is 0 Å². The van der Waals surface area contributed by atoms with E-state index in [4.69, 9.17) is 5.73 Å². The van der Waals surface area contributed by atoms with Crippen LogP contribution in [0.3, 0.4) is 0 Å². The van der Waals surface area contributed by atoms with Crippen molar-refractivity contribution >= 4 is 27.2 Å². The normalized spacial score (nSPS) is 13.6. The molecule has 2 N–H and O–H groups in total. The van der Waals surface area contributed by atoms with Gasteiger partial charge in [0.2, 0.25) is 0 Å². The number of rotatable bonds is 0. The molecule has 0 aromatic heterocycles. The van der Waals surface area contributed by atoms with Crippen molar-refractivity contribution in [3.8, 4) is 0 Å². The van der Waals surface area contributed by atoms with Gasteiger partial charge in [-0.15, -0.1) is 0 Å². The number of hydrogen-bond acceptors (Lipinski definition) is 1. The minimum Gasteiger partial charge on any atom is -0.398 e. The van der Waals surface area contributed by atoms with Gasteiger partial charge in [0, 0.05) is 5.69 Å². The Morgan fingerprint density at radius 1 is 0.765 bits per heavy atom. The lowest BCUT2D eigenvalue weighted by molar-refractivity contribution is 0.856. The molecule has 3 aromatic rings. The molecule has 1 nitrogen and oxygen atoms in total. The van der Waals surface area contributed by atoms with Gasteiger partial charge in [-0.25, -0.2) is 0 Å². The highest BCUT2D eigenvalue weighted by Crippen LogP contribution is 2.37. The lowest BCUT2D eigenvalue weighted by Crippen LogP contribution is -2.12. The number of fused-ring (bicyclic) bond motifs is 4. The molecule has 0 bridgehead atoms. The van der Waals surface area contributed by atoms with E-state index >= 15 is 0 Å². The van der Waals surface area contributed by atoms with Crippen LogP contribution in [0.4, 0.5) is 5.69 Å². The summed E-state index contributed by atoms with van der Waals surface area (Å²) in [7, 11) is 0. The van der Waals surface area contributed by atoms with Crippen molar-refractivity contribution in [1.29, 1.82) is 0 Å². The summed E-state index contributed by atoms with van der Waals surface area (Å²) in [4.78, 5) is 0. The average Bonchev–Trinajstić information content (AvgIpc) is 2.27. The molecule has 0 saturated heterocycles. The van der Waals surface area contributed by atoms with E-state index in [-0.39, 0.29) is 0 Å². The average molecular weight is 219 g/mol. The van der Waals surface area contributed by atoms with E-state index < -0.39 is 0 Å². The maximum Gasteiger partial charge on any atom is 0.0355 e. The zero-order chi connectivity index (χ0) is 11.4. The van der Waals surface area contributed by atoms with Gasteiger partial charge < -0.3 is 5.73 Å². The van der Waals surface area contributed by atoms with Crippen LogP contribution >= 0.6 is 0 Å². The Labute approximate surface area is 99.9 Å². The lowest BCUT2D eigenvalue weighted by Gasteiger charge is -2.23. The minimum absolute atomic E-state index is 0.967. The van der Waals surface area contributed by atoms with Crippen LogP contribution in [-0.2, 0) is 12.8 Å². The van der Waals surface area contributed by atoms with E-state index in [2.05, 4.69) is 42.5 Å². The van der Waals surface area contributed by atoms with Gasteiger partial charge >= 0.3 is 0 Å². The molecule has 0 unspecified atom stereocenters. The number of hydrogen-bond donors (Lipinski definition) is 1. The molecule has 17 heavy (non-hydrogen) atoms. The summed E-state index contributed by atoms with van der Waals surface area (Å²) in [6.07, 6.45) is 2.32. The van der Waals surface area contributed by atoms with Crippen LogP contribution in [0.1, 0.15) is 11.1 Å². The van der Waals surface area contributed by atoms with Crippen molar-refractivity contribution in [2.75, 3.05) is 5.73 Å². The maximum absolute atomic E-state index is 6.08. The SMILES string of the molecule is Nc1cc2cc3ccccc3cc2c2c1CC2. The third-order valence-electron chi connectivity index (χ3n) is 3.89. The second kappa shape index (κ2) is 3.01. The molecule has 4 rings (SSSR count). The van der Waals surface area contributed by atoms with E-state index in [9.17, 15) is 0 Å². The van der Waals surface area contributed by atoms with Gasteiger partial charge in [0.15, 0.2) is 0 Å². The quantitative estimate of drug-likeness (QED) is 0.453. The summed E-state index contributed by atoms with van der Waals surface area (Å²) < 4.78 is 0. The second-order valence-corrected chi connectivity index (χ2v) is 4.84. The van der Waals surface area contributed by atoms with Crippen LogP contribution in [0.25, 0.3) is 21.5 Å². The van der Waals surface area contributed by atoms with Crippen LogP contribution < -0.4 is 5.73 Å². The number of nitrogens with two attached hydrogens (primary N) is 1. The number of benzene rings is 3. The van der Waals surface area contributed by atoms with E-state index in [0.29, 0.717) is 0 Å². The Morgan fingerprint density at radius 2 is 1.47 bits per heavy atom. The molecule has 0 aliphatic heterocycles. The largest absolute Gasteiger partial charge is 0.398 e. The second-order valence-electron chi connectivity index (χ2n) is 4.84. The summed E-state index contributed by atoms with van der Waals surface area (Å²) in [5, 5.41) is 5.27. The zero-order valence-corrected chi connectivity index (χ0v) is 9.53. The Balaban J connectivity index is 2.21. The van der Waals surface area contributed by atoms with E-state index in [1.54, 1.807) is 0 Å². The van der Waals surface area contributed by atoms with Gasteiger partial charge in [0.1, 0.15) is 0 Å². The van der Waals surface area contributed by atoms with Crippen molar-refractivity contribution < 1.29 is 0 Å². The monoisotopic (exact) mass is 219 g/mol. The van der Waals surface area contributed by atoms with Gasteiger partial charge in [-0.1, -0.05) is 24.3 Å². The standard InChI is InChI=1S/C16H13N/c17-16-9-12-7-10-3-1-2-4-11(10)8-15(12)13-5-6-14(13)16/h1-4,7-9H,5-6,17H2. The fourth-order valence-corrected chi connectivity index (χ4v) is 2.88. The van der Waals surface area contributed by atoms with Crippen molar-refractivity contribution in [3.05, 3.63) is 53.6 Å². The van der Waals surface area contributed by atoms with Gasteiger partial charge in [0.05, 0.1) is 0 Å². The predicted octanol–water partition coefficient (Wildman–Crippen LogP) is 3.67. The highest BCUT2D eigenvalue weighted by Gasteiger charge is 2.19. The van der Waals surface area contributed by atoms with E-state index in [1.165, 1.54) is 39.1 Å². The van der Waals surface area contributed by atoms with Crippen molar-refractivity contribution in [2.24, 2.45) is 0 Å². The minimum atomic E-state index is 0.967. The Hall–Kier alpha value is -2.02. The summed E-state index contributed by atoms with van der Waals surface area (Å²) in [6.45, 7) is 0. The number of nitrogen functional groups attached to an aromatic ring is 1. The molecular weight excluding hydrogens is 206 g/mol. The third kappa shape index (κ3) is 1.14. The van der Waals surface area contributed by atoms with Crippen LogP contribution in [0.5, 0.6) is 0 Å². The fraction of sp³-hybridized carbons (Fsp3) is 0.125. The molecule has 0 fully saturated rings. The molecule has 0 heterocycles. The molecule has 0 atom stereocenters. The van der Waals surface area contributed by atoms with Crippen LogP contribution in [0, 0.1) is 0 Å². The van der Waals surface area contributed by atoms with Gasteiger partial charge in [-0.05, 0) is 63.7 Å². The number of anilines is 1. The lowest BCUT2D eigenvalue weighted by atomic mass is 9.82. The molecule has 3 aromatic carbocycles. The fourth-order valence-electron chi connectivity index (χ4n) is 2.88. The number of aryl methyl sites for hydroxylation is 1. The van der Waals surface area contributed by atoms with Crippen molar-refractivity contribution in [3.63, 3.8) is 0 Å². The van der Waals surface area contributed by atoms with E-state index in [1.807, 2.05) is 0 Å². The Kier molecular flexibility index (Phi) is 1.60. The highest BCUT2D eigenvalue weighted by atomic mass is 14.6. The first-order chi connectivity index (χ1) is 8.33. The topological polar surface area (TPSA) is 26.0 Å². The van der Waals surface area contributed by atoms with Crippen molar-refractivity contribution in [1.82, 2.24) is 0 Å².